The fraction of sp³-hybridized carbons (Fsp3) is 0.242. The molecule has 0 unspecified atom stereocenters. The van der Waals surface area contributed by atoms with Crippen molar-refractivity contribution in [2.75, 3.05) is 31.7 Å². The molecule has 0 aliphatic carbocycles. The number of thiazole rings is 1. The van der Waals surface area contributed by atoms with Gasteiger partial charge in [0.25, 0.3) is 5.56 Å². The Morgan fingerprint density at radius 3 is 2.50 bits per heavy atom. The van der Waals surface area contributed by atoms with Gasteiger partial charge in [-0.3, -0.25) is 9.36 Å². The van der Waals surface area contributed by atoms with Gasteiger partial charge in [0.05, 0.1) is 29.5 Å². The first-order chi connectivity index (χ1) is 20.5. The summed E-state index contributed by atoms with van der Waals surface area (Å²) in [4.78, 5) is 35.7. The van der Waals surface area contributed by atoms with Crippen molar-refractivity contribution in [2.45, 2.75) is 25.8 Å². The van der Waals surface area contributed by atoms with E-state index in [1.807, 2.05) is 66.7 Å². The quantitative estimate of drug-likeness (QED) is 0.255. The smallest absolute Gasteiger partial charge is 0.338 e. The van der Waals surface area contributed by atoms with Crippen molar-refractivity contribution in [1.82, 2.24) is 4.57 Å². The molecule has 9 heteroatoms. The van der Waals surface area contributed by atoms with Gasteiger partial charge in [-0.05, 0) is 61.7 Å². The summed E-state index contributed by atoms with van der Waals surface area (Å²) < 4.78 is 14.2. The summed E-state index contributed by atoms with van der Waals surface area (Å²) in [6.07, 6.45) is 4.32. The molecule has 6 rings (SSSR count). The second-order valence-electron chi connectivity index (χ2n) is 10.1. The Bertz CT molecular complexity index is 1840. The van der Waals surface area contributed by atoms with Gasteiger partial charge in [0.15, 0.2) is 4.80 Å². The third-order valence-electron chi connectivity index (χ3n) is 7.52. The van der Waals surface area contributed by atoms with E-state index >= 15 is 0 Å². The number of hydrogen-bond acceptors (Lipinski definition) is 7. The predicted octanol–water partition coefficient (Wildman–Crippen LogP) is 5.31. The number of carbonyl (C=O) groups is 1. The van der Waals surface area contributed by atoms with Crippen LogP contribution in [0.15, 0.2) is 92.6 Å². The Kier molecular flexibility index (Phi) is 8.13. The van der Waals surface area contributed by atoms with E-state index in [-0.39, 0.29) is 17.7 Å². The second-order valence-corrected chi connectivity index (χ2v) is 12.0. The molecule has 0 spiro atoms. The molecular weight excluding hydrogens is 614 g/mol. The van der Waals surface area contributed by atoms with E-state index < -0.39 is 12.0 Å². The Labute approximate surface area is 256 Å². The van der Waals surface area contributed by atoms with E-state index in [1.165, 1.54) is 29.9 Å². The molecule has 0 N–H and O–H groups in total. The topological polar surface area (TPSA) is 73.1 Å². The van der Waals surface area contributed by atoms with E-state index in [4.69, 9.17) is 14.5 Å². The molecule has 1 atom stereocenters. The zero-order chi connectivity index (χ0) is 29.2. The Balaban J connectivity index is 1.58. The lowest BCUT2D eigenvalue weighted by molar-refractivity contribution is -0.138. The maximum atomic E-state index is 14.2. The van der Waals surface area contributed by atoms with E-state index in [0.29, 0.717) is 26.3 Å². The van der Waals surface area contributed by atoms with E-state index in [1.54, 1.807) is 18.6 Å². The molecule has 2 aliphatic rings. The minimum Gasteiger partial charge on any atom is -0.496 e. The van der Waals surface area contributed by atoms with Crippen molar-refractivity contribution >= 4 is 50.7 Å². The summed E-state index contributed by atoms with van der Waals surface area (Å²) in [5.74, 6) is 0.0188. The first kappa shape index (κ1) is 28.2. The summed E-state index contributed by atoms with van der Waals surface area (Å²) >= 11 is 4.88. The highest BCUT2D eigenvalue weighted by atomic mass is 79.9. The lowest BCUT2D eigenvalue weighted by Gasteiger charge is -2.27. The third kappa shape index (κ3) is 5.34. The van der Waals surface area contributed by atoms with Gasteiger partial charge >= 0.3 is 5.97 Å². The number of benzene rings is 3. The maximum Gasteiger partial charge on any atom is 0.338 e. The van der Waals surface area contributed by atoms with Gasteiger partial charge in [-0.25, -0.2) is 9.79 Å². The molecule has 0 saturated carbocycles. The number of anilines is 1. The van der Waals surface area contributed by atoms with Gasteiger partial charge in [-0.15, -0.1) is 0 Å². The number of aromatic nitrogens is 1. The van der Waals surface area contributed by atoms with Crippen LogP contribution in [-0.2, 0) is 9.53 Å². The normalized spacial score (nSPS) is 16.8. The molecule has 7 nitrogen and oxygen atoms in total. The van der Waals surface area contributed by atoms with Gasteiger partial charge in [-0.2, -0.15) is 0 Å². The molecule has 3 heterocycles. The average molecular weight is 645 g/mol. The van der Waals surface area contributed by atoms with Crippen molar-refractivity contribution < 1.29 is 14.3 Å². The van der Waals surface area contributed by atoms with Crippen molar-refractivity contribution in [1.29, 1.82) is 0 Å². The molecule has 0 amide bonds. The molecule has 3 aromatic carbocycles. The molecule has 2 aliphatic heterocycles. The molecule has 4 aromatic rings. The van der Waals surface area contributed by atoms with Crippen LogP contribution in [-0.4, -0.2) is 37.3 Å². The first-order valence-corrected chi connectivity index (χ1v) is 15.6. The number of nitrogens with zero attached hydrogens (tertiary/aromatic N) is 3. The van der Waals surface area contributed by atoms with Gasteiger partial charge < -0.3 is 14.4 Å². The van der Waals surface area contributed by atoms with E-state index in [0.717, 1.165) is 28.7 Å². The number of ether oxygens (including phenoxy) is 2. The number of methoxy groups -OCH3 is 1. The van der Waals surface area contributed by atoms with Crippen LogP contribution in [0.25, 0.3) is 11.8 Å². The number of carbonyl (C=O) groups excluding carboxylic acids is 1. The van der Waals surface area contributed by atoms with Crippen molar-refractivity contribution in [2.24, 2.45) is 4.99 Å². The van der Waals surface area contributed by atoms with Gasteiger partial charge in [0, 0.05) is 34.4 Å². The fourth-order valence-electron chi connectivity index (χ4n) is 5.56. The summed E-state index contributed by atoms with van der Waals surface area (Å²) in [6, 6.07) is 22.6. The second kappa shape index (κ2) is 12.1. The predicted molar refractivity (Wildman–Crippen MR) is 170 cm³/mol. The molecule has 1 fully saturated rings. The van der Waals surface area contributed by atoms with Gasteiger partial charge in [0.1, 0.15) is 11.8 Å². The Morgan fingerprint density at radius 2 is 1.81 bits per heavy atom. The van der Waals surface area contributed by atoms with E-state index in [9.17, 15) is 9.59 Å². The Hall–Kier alpha value is -3.95. The van der Waals surface area contributed by atoms with Crippen molar-refractivity contribution in [3.63, 3.8) is 0 Å². The molecule has 214 valence electrons. The van der Waals surface area contributed by atoms with Crippen LogP contribution in [0.4, 0.5) is 5.69 Å². The van der Waals surface area contributed by atoms with Gasteiger partial charge in [0.2, 0.25) is 0 Å². The summed E-state index contributed by atoms with van der Waals surface area (Å²) in [5.41, 5.74) is 4.06. The van der Waals surface area contributed by atoms with Crippen LogP contribution in [0.3, 0.4) is 0 Å². The molecule has 0 radical (unpaired) electrons. The zero-order valence-electron chi connectivity index (χ0n) is 23.4. The lowest BCUT2D eigenvalue weighted by Crippen LogP contribution is -2.40. The van der Waals surface area contributed by atoms with Crippen LogP contribution < -0.4 is 24.5 Å². The van der Waals surface area contributed by atoms with Crippen molar-refractivity contribution in [3.8, 4) is 5.75 Å². The van der Waals surface area contributed by atoms with Crippen LogP contribution in [0.1, 0.15) is 42.5 Å². The third-order valence-corrected chi connectivity index (χ3v) is 9.00. The molecule has 1 saturated heterocycles. The standard InChI is InChI=1S/C33H30BrN3O4S/c1-3-41-32(39)28-29(22-9-5-4-6-10-22)35-33-37(30(28)25-20-23(34)13-16-26(25)40-2)31(38)27(42-33)19-21-11-14-24(15-12-21)36-17-7-8-18-36/h4-6,9-16,19-20,30H,3,7-8,17-18H2,1-2H3/b27-19-/t30-/m0/s1. The van der Waals surface area contributed by atoms with Crippen LogP contribution in [0, 0.1) is 0 Å². The van der Waals surface area contributed by atoms with Crippen LogP contribution in [0.2, 0.25) is 0 Å². The minimum atomic E-state index is -0.817. The molecule has 1 aromatic heterocycles. The average Bonchev–Trinajstić information content (AvgIpc) is 3.66. The SMILES string of the molecule is CCOC(=O)C1=C(c2ccccc2)N=c2s/c(=C\c3ccc(N4CCCC4)cc3)c(=O)n2[C@H]1c1cc(Br)ccc1OC. The largest absolute Gasteiger partial charge is 0.496 e. The number of fused-ring (bicyclic) bond motifs is 1. The highest BCUT2D eigenvalue weighted by Crippen LogP contribution is 2.39. The maximum absolute atomic E-state index is 14.2. The summed E-state index contributed by atoms with van der Waals surface area (Å²) in [7, 11) is 1.58. The van der Waals surface area contributed by atoms with E-state index in [2.05, 4.69) is 33.0 Å². The highest BCUT2D eigenvalue weighted by Gasteiger charge is 2.36. The number of halogens is 1. The summed E-state index contributed by atoms with van der Waals surface area (Å²) in [6.45, 7) is 4.09. The highest BCUT2D eigenvalue weighted by molar-refractivity contribution is 9.10. The number of hydrogen-bond donors (Lipinski definition) is 0. The van der Waals surface area contributed by atoms with Crippen LogP contribution in [0.5, 0.6) is 5.75 Å². The lowest BCUT2D eigenvalue weighted by atomic mass is 9.92. The van der Waals surface area contributed by atoms with Gasteiger partial charge in [-0.1, -0.05) is 69.7 Å². The van der Waals surface area contributed by atoms with Crippen LogP contribution >= 0.6 is 27.3 Å². The molecular formula is C33H30BrN3O4S. The Morgan fingerprint density at radius 1 is 1.07 bits per heavy atom. The molecule has 0 bridgehead atoms. The monoisotopic (exact) mass is 643 g/mol. The fourth-order valence-corrected chi connectivity index (χ4v) is 6.94. The number of rotatable bonds is 7. The number of esters is 1. The van der Waals surface area contributed by atoms with Crippen molar-refractivity contribution in [3.05, 3.63) is 119 Å². The molecule has 42 heavy (non-hydrogen) atoms. The summed E-state index contributed by atoms with van der Waals surface area (Å²) in [5, 5.41) is 0. The zero-order valence-corrected chi connectivity index (χ0v) is 25.8. The first-order valence-electron chi connectivity index (χ1n) is 14.0. The minimum absolute atomic E-state index is 0.185.